The highest BCUT2D eigenvalue weighted by Crippen LogP contribution is 2.13. The smallest absolute Gasteiger partial charge is 0.227 e. The van der Waals surface area contributed by atoms with Gasteiger partial charge in [-0.15, -0.1) is 24.0 Å². The zero-order chi connectivity index (χ0) is 13.3. The molecule has 0 saturated heterocycles. The van der Waals surface area contributed by atoms with Gasteiger partial charge in [0.05, 0.1) is 5.41 Å². The van der Waals surface area contributed by atoms with Crippen molar-refractivity contribution in [2.45, 2.75) is 34.1 Å². The van der Waals surface area contributed by atoms with Gasteiger partial charge in [0.15, 0.2) is 5.96 Å². The normalized spacial score (nSPS) is 11.5. The first-order chi connectivity index (χ1) is 7.97. The summed E-state index contributed by atoms with van der Waals surface area (Å²) in [5.41, 5.74) is -0.445. The summed E-state index contributed by atoms with van der Waals surface area (Å²) in [5, 5.41) is 9.16. The molecule has 0 spiro atoms. The molecule has 1 amide bonds. The summed E-state index contributed by atoms with van der Waals surface area (Å²) in [6.07, 6.45) is 1.04. The second kappa shape index (κ2) is 10.4. The number of amides is 1. The average Bonchev–Trinajstić information content (AvgIpc) is 2.29. The van der Waals surface area contributed by atoms with E-state index in [1.54, 1.807) is 7.05 Å². The Kier molecular flexibility index (Phi) is 11.4. The van der Waals surface area contributed by atoms with Crippen LogP contribution < -0.4 is 16.0 Å². The van der Waals surface area contributed by atoms with Crippen LogP contribution in [0.5, 0.6) is 0 Å². The summed E-state index contributed by atoms with van der Waals surface area (Å²) >= 11 is 0. The van der Waals surface area contributed by atoms with Crippen molar-refractivity contribution in [3.05, 3.63) is 0 Å². The number of halogens is 1. The van der Waals surface area contributed by atoms with E-state index >= 15 is 0 Å². The van der Waals surface area contributed by atoms with Crippen LogP contribution in [-0.4, -0.2) is 38.5 Å². The van der Waals surface area contributed by atoms with Crippen molar-refractivity contribution in [1.82, 2.24) is 16.0 Å². The fraction of sp³-hybridized carbons (Fsp3) is 0.833. The molecule has 0 fully saturated rings. The maximum Gasteiger partial charge on any atom is 0.227 e. The molecule has 0 saturated carbocycles. The van der Waals surface area contributed by atoms with Crippen molar-refractivity contribution in [2.24, 2.45) is 10.4 Å². The molecule has 0 radical (unpaired) electrons. The third-order valence-electron chi connectivity index (χ3n) is 2.42. The van der Waals surface area contributed by atoms with E-state index in [0.29, 0.717) is 13.1 Å². The van der Waals surface area contributed by atoms with E-state index in [0.717, 1.165) is 18.9 Å². The lowest BCUT2D eigenvalue weighted by Crippen LogP contribution is -2.48. The summed E-state index contributed by atoms with van der Waals surface area (Å²) in [5.74, 6) is 0.794. The van der Waals surface area contributed by atoms with Crippen molar-refractivity contribution in [1.29, 1.82) is 0 Å². The summed E-state index contributed by atoms with van der Waals surface area (Å²) in [6.45, 7) is 9.94. The van der Waals surface area contributed by atoms with Crippen LogP contribution in [0.2, 0.25) is 0 Å². The lowest BCUT2D eigenvalue weighted by molar-refractivity contribution is -0.128. The Morgan fingerprint density at radius 2 is 1.78 bits per heavy atom. The third kappa shape index (κ3) is 7.73. The molecule has 0 aliphatic rings. The molecule has 0 aliphatic carbocycles. The van der Waals surface area contributed by atoms with Crippen LogP contribution >= 0.6 is 24.0 Å². The molecule has 0 aliphatic heterocycles. The molecule has 3 N–H and O–H groups in total. The van der Waals surface area contributed by atoms with E-state index in [1.807, 2.05) is 20.8 Å². The van der Waals surface area contributed by atoms with Gasteiger partial charge in [-0.1, -0.05) is 6.92 Å². The minimum absolute atomic E-state index is 0. The molecule has 108 valence electrons. The Bertz CT molecular complexity index is 267. The van der Waals surface area contributed by atoms with Gasteiger partial charge >= 0.3 is 0 Å². The van der Waals surface area contributed by atoms with E-state index in [-0.39, 0.29) is 29.9 Å². The van der Waals surface area contributed by atoms with Gasteiger partial charge in [-0.25, -0.2) is 0 Å². The number of guanidine groups is 1. The van der Waals surface area contributed by atoms with Crippen molar-refractivity contribution in [3.8, 4) is 0 Å². The van der Waals surface area contributed by atoms with Crippen LogP contribution in [-0.2, 0) is 4.79 Å². The van der Waals surface area contributed by atoms with Gasteiger partial charge < -0.3 is 16.0 Å². The predicted octanol–water partition coefficient (Wildman–Crippen LogP) is 1.34. The summed E-state index contributed by atoms with van der Waals surface area (Å²) in [6, 6.07) is 0. The number of rotatable bonds is 6. The highest BCUT2D eigenvalue weighted by Gasteiger charge is 2.27. The Labute approximate surface area is 128 Å². The van der Waals surface area contributed by atoms with E-state index < -0.39 is 5.41 Å². The molecular weight excluding hydrogens is 343 g/mol. The molecule has 5 nitrogen and oxygen atoms in total. The zero-order valence-corrected chi connectivity index (χ0v) is 14.4. The molecule has 0 atom stereocenters. The minimum atomic E-state index is -0.445. The number of nitrogens with zero attached hydrogens (tertiary/aromatic N) is 1. The SMILES string of the molecule is CCCNC(=NC)NCC(C)(C)C(=O)NCC.I. The molecule has 0 unspecified atom stereocenters. The van der Waals surface area contributed by atoms with Crippen LogP contribution in [0.1, 0.15) is 34.1 Å². The number of nitrogens with one attached hydrogen (secondary N) is 3. The largest absolute Gasteiger partial charge is 0.356 e. The number of hydrogen-bond donors (Lipinski definition) is 3. The van der Waals surface area contributed by atoms with E-state index in [1.165, 1.54) is 0 Å². The van der Waals surface area contributed by atoms with Crippen LogP contribution in [0.3, 0.4) is 0 Å². The van der Waals surface area contributed by atoms with Gasteiger partial charge in [-0.2, -0.15) is 0 Å². The summed E-state index contributed by atoms with van der Waals surface area (Å²) in [7, 11) is 1.73. The van der Waals surface area contributed by atoms with Crippen molar-refractivity contribution in [2.75, 3.05) is 26.7 Å². The number of carbonyl (C=O) groups excluding carboxylic acids is 1. The van der Waals surface area contributed by atoms with E-state index in [9.17, 15) is 4.79 Å². The molecular formula is C12H27IN4O. The maximum atomic E-state index is 11.8. The lowest BCUT2D eigenvalue weighted by Gasteiger charge is -2.24. The van der Waals surface area contributed by atoms with Crippen LogP contribution in [0, 0.1) is 5.41 Å². The maximum absolute atomic E-state index is 11.8. The van der Waals surface area contributed by atoms with Gasteiger partial charge in [0, 0.05) is 26.7 Å². The molecule has 18 heavy (non-hydrogen) atoms. The monoisotopic (exact) mass is 370 g/mol. The Hall–Kier alpha value is -0.530. The minimum Gasteiger partial charge on any atom is -0.356 e. The molecule has 6 heteroatoms. The van der Waals surface area contributed by atoms with Crippen molar-refractivity contribution in [3.63, 3.8) is 0 Å². The summed E-state index contributed by atoms with van der Waals surface area (Å²) in [4.78, 5) is 15.9. The van der Waals surface area contributed by atoms with Crippen molar-refractivity contribution < 1.29 is 4.79 Å². The zero-order valence-electron chi connectivity index (χ0n) is 12.1. The molecule has 0 bridgehead atoms. The fourth-order valence-electron chi connectivity index (χ4n) is 1.25. The topological polar surface area (TPSA) is 65.5 Å². The molecule has 0 aromatic rings. The summed E-state index contributed by atoms with van der Waals surface area (Å²) < 4.78 is 0. The molecule has 0 heterocycles. The highest BCUT2D eigenvalue weighted by molar-refractivity contribution is 14.0. The lowest BCUT2D eigenvalue weighted by atomic mass is 9.92. The first-order valence-corrected chi connectivity index (χ1v) is 6.20. The van der Waals surface area contributed by atoms with Gasteiger partial charge in [0.1, 0.15) is 0 Å². The first kappa shape index (κ1) is 19.8. The van der Waals surface area contributed by atoms with Crippen LogP contribution in [0.4, 0.5) is 0 Å². The van der Waals surface area contributed by atoms with Gasteiger partial charge in [0.25, 0.3) is 0 Å². The van der Waals surface area contributed by atoms with E-state index in [4.69, 9.17) is 0 Å². The van der Waals surface area contributed by atoms with Crippen molar-refractivity contribution >= 4 is 35.8 Å². The average molecular weight is 370 g/mol. The van der Waals surface area contributed by atoms with Crippen LogP contribution in [0.15, 0.2) is 4.99 Å². The predicted molar refractivity (Wildman–Crippen MR) is 87.5 cm³/mol. The number of carbonyl (C=O) groups is 1. The first-order valence-electron chi connectivity index (χ1n) is 6.20. The third-order valence-corrected chi connectivity index (χ3v) is 2.42. The number of aliphatic imine (C=N–C) groups is 1. The second-order valence-electron chi connectivity index (χ2n) is 4.60. The van der Waals surface area contributed by atoms with E-state index in [2.05, 4.69) is 27.9 Å². The van der Waals surface area contributed by atoms with Gasteiger partial charge in [0.2, 0.25) is 5.91 Å². The second-order valence-corrected chi connectivity index (χ2v) is 4.60. The fourth-order valence-corrected chi connectivity index (χ4v) is 1.25. The molecule has 0 rings (SSSR count). The quantitative estimate of drug-likeness (QED) is 0.376. The molecule has 0 aromatic carbocycles. The van der Waals surface area contributed by atoms with Gasteiger partial charge in [-0.05, 0) is 27.2 Å². The molecule has 0 aromatic heterocycles. The Balaban J connectivity index is 0. The Morgan fingerprint density at radius 3 is 2.22 bits per heavy atom. The van der Waals surface area contributed by atoms with Gasteiger partial charge in [-0.3, -0.25) is 9.79 Å². The van der Waals surface area contributed by atoms with Crippen LogP contribution in [0.25, 0.3) is 0 Å². The number of hydrogen-bond acceptors (Lipinski definition) is 2. The highest BCUT2D eigenvalue weighted by atomic mass is 127. The standard InChI is InChI=1S/C12H26N4O.HI/c1-6-8-15-11(13-5)16-9-12(3,4)10(17)14-7-2;/h6-9H2,1-5H3,(H,14,17)(H2,13,15,16);1H. The Morgan fingerprint density at radius 1 is 1.17 bits per heavy atom.